The standard InChI is InChI=1S/C3H8O6S.Na/c4-1-2(5)3(6)10(7,8)9;/h2-6H,1H2,(H,7,8,9);/q;+1/p-1. The van der Waals surface area contributed by atoms with Gasteiger partial charge in [-0.3, -0.25) is 0 Å². The molecule has 3 N–H and O–H groups in total. The molecule has 0 aliphatic heterocycles. The molecule has 0 saturated carbocycles. The third kappa shape index (κ3) is 5.10. The van der Waals surface area contributed by atoms with Crippen molar-refractivity contribution >= 4 is 10.1 Å². The van der Waals surface area contributed by atoms with Gasteiger partial charge in [-0.1, -0.05) is 0 Å². The first kappa shape index (κ1) is 14.3. The van der Waals surface area contributed by atoms with Crippen molar-refractivity contribution in [2.24, 2.45) is 0 Å². The Morgan fingerprint density at radius 1 is 1.36 bits per heavy atom. The Labute approximate surface area is 85.9 Å². The maximum absolute atomic E-state index is 9.85. The minimum absolute atomic E-state index is 0. The molecule has 0 aromatic rings. The van der Waals surface area contributed by atoms with E-state index in [1.165, 1.54) is 0 Å². The maximum atomic E-state index is 9.85. The van der Waals surface area contributed by atoms with E-state index in [2.05, 4.69) is 0 Å². The first-order valence-electron chi connectivity index (χ1n) is 2.31. The number of aliphatic hydroxyl groups is 3. The predicted molar refractivity (Wildman–Crippen MR) is 28.8 cm³/mol. The van der Waals surface area contributed by atoms with E-state index in [1.54, 1.807) is 0 Å². The van der Waals surface area contributed by atoms with Gasteiger partial charge in [-0.05, 0) is 0 Å². The van der Waals surface area contributed by atoms with Crippen molar-refractivity contribution in [2.45, 2.75) is 11.5 Å². The molecule has 0 radical (unpaired) electrons. The molecular formula is C3H7NaO6S. The summed E-state index contributed by atoms with van der Waals surface area (Å²) in [6, 6.07) is 0. The smallest absolute Gasteiger partial charge is 0.746 e. The van der Waals surface area contributed by atoms with Crippen LogP contribution in [0.4, 0.5) is 0 Å². The quantitative estimate of drug-likeness (QED) is 0.304. The number of aliphatic hydroxyl groups excluding tert-OH is 3. The Morgan fingerprint density at radius 2 is 1.73 bits per heavy atom. The predicted octanol–water partition coefficient (Wildman–Crippen LogP) is -5.79. The summed E-state index contributed by atoms with van der Waals surface area (Å²) in [5.74, 6) is 0. The van der Waals surface area contributed by atoms with Crippen LogP contribution in [0.2, 0.25) is 0 Å². The van der Waals surface area contributed by atoms with Crippen molar-refractivity contribution in [1.82, 2.24) is 0 Å². The van der Waals surface area contributed by atoms with Gasteiger partial charge in [0.25, 0.3) is 0 Å². The Hall–Kier alpha value is 0.790. The molecule has 0 fully saturated rings. The second kappa shape index (κ2) is 5.44. The van der Waals surface area contributed by atoms with E-state index >= 15 is 0 Å². The molecule has 0 rings (SSSR count). The first-order valence-corrected chi connectivity index (χ1v) is 3.78. The molecule has 0 aliphatic carbocycles. The van der Waals surface area contributed by atoms with E-state index in [-0.39, 0.29) is 29.6 Å². The topological polar surface area (TPSA) is 118 Å². The van der Waals surface area contributed by atoms with Gasteiger partial charge in [-0.15, -0.1) is 0 Å². The summed E-state index contributed by atoms with van der Waals surface area (Å²) in [6.07, 6.45) is -1.93. The zero-order chi connectivity index (χ0) is 8.36. The van der Waals surface area contributed by atoms with Crippen molar-refractivity contribution in [2.75, 3.05) is 6.61 Å². The third-order valence-corrected chi connectivity index (χ3v) is 1.72. The normalized spacial score (nSPS) is 16.7. The second-order valence-corrected chi connectivity index (χ2v) is 3.10. The largest absolute Gasteiger partial charge is 1.00 e. The Balaban J connectivity index is 0. The van der Waals surface area contributed by atoms with E-state index < -0.39 is 28.3 Å². The fourth-order valence-corrected chi connectivity index (χ4v) is 0.753. The maximum Gasteiger partial charge on any atom is 1.00 e. The van der Waals surface area contributed by atoms with Crippen LogP contribution in [0.15, 0.2) is 0 Å². The van der Waals surface area contributed by atoms with E-state index in [1.807, 2.05) is 0 Å². The molecule has 0 saturated heterocycles. The van der Waals surface area contributed by atoms with Crippen molar-refractivity contribution < 1.29 is 57.8 Å². The van der Waals surface area contributed by atoms with E-state index in [0.29, 0.717) is 0 Å². The van der Waals surface area contributed by atoms with Crippen LogP contribution in [-0.2, 0) is 10.1 Å². The van der Waals surface area contributed by atoms with Crippen LogP contribution < -0.4 is 29.6 Å². The summed E-state index contributed by atoms with van der Waals surface area (Å²) >= 11 is 0. The zero-order valence-electron chi connectivity index (χ0n) is 5.84. The summed E-state index contributed by atoms with van der Waals surface area (Å²) < 4.78 is 29.6. The van der Waals surface area contributed by atoms with Crippen molar-refractivity contribution in [3.05, 3.63) is 0 Å². The molecule has 0 aromatic heterocycles. The van der Waals surface area contributed by atoms with Crippen LogP contribution in [0.5, 0.6) is 0 Å². The number of rotatable bonds is 3. The monoisotopic (exact) mass is 194 g/mol. The molecule has 2 atom stereocenters. The van der Waals surface area contributed by atoms with Gasteiger partial charge < -0.3 is 19.9 Å². The van der Waals surface area contributed by atoms with Crippen molar-refractivity contribution in [1.29, 1.82) is 0 Å². The fourth-order valence-electron chi connectivity index (χ4n) is 0.283. The molecule has 0 aromatic carbocycles. The van der Waals surface area contributed by atoms with Crippen LogP contribution in [0, 0.1) is 0 Å². The van der Waals surface area contributed by atoms with E-state index in [4.69, 9.17) is 15.3 Å². The zero-order valence-corrected chi connectivity index (χ0v) is 8.65. The van der Waals surface area contributed by atoms with Crippen molar-refractivity contribution in [3.63, 3.8) is 0 Å². The molecule has 0 heterocycles. The molecule has 0 bridgehead atoms. The van der Waals surface area contributed by atoms with Gasteiger partial charge in [0.15, 0.2) is 5.44 Å². The van der Waals surface area contributed by atoms with Crippen LogP contribution in [0.1, 0.15) is 0 Å². The molecule has 0 amide bonds. The van der Waals surface area contributed by atoms with Crippen LogP contribution in [-0.4, -0.2) is 46.4 Å². The molecule has 0 spiro atoms. The Morgan fingerprint density at radius 3 is 1.82 bits per heavy atom. The van der Waals surface area contributed by atoms with Gasteiger partial charge in [0.05, 0.1) is 6.61 Å². The minimum atomic E-state index is -4.92. The van der Waals surface area contributed by atoms with E-state index in [9.17, 15) is 13.0 Å². The summed E-state index contributed by atoms with van der Waals surface area (Å²) in [6.45, 7) is -0.970. The van der Waals surface area contributed by atoms with Gasteiger partial charge in [0.2, 0.25) is 0 Å². The van der Waals surface area contributed by atoms with Crippen LogP contribution in [0.3, 0.4) is 0 Å². The average Bonchev–Trinajstić information content (AvgIpc) is 1.83. The third-order valence-electron chi connectivity index (χ3n) is 0.812. The summed E-state index contributed by atoms with van der Waals surface area (Å²) in [4.78, 5) is 0. The summed E-state index contributed by atoms with van der Waals surface area (Å²) in [5, 5.41) is 24.8. The number of hydrogen-bond acceptors (Lipinski definition) is 6. The van der Waals surface area contributed by atoms with Crippen LogP contribution in [0.25, 0.3) is 0 Å². The SMILES string of the molecule is O=S(=O)([O-])C(O)C(O)CO.[Na+]. The summed E-state index contributed by atoms with van der Waals surface area (Å²) in [5.41, 5.74) is -2.45. The number of hydrogen-bond donors (Lipinski definition) is 3. The van der Waals surface area contributed by atoms with E-state index in [0.717, 1.165) is 0 Å². The first-order chi connectivity index (χ1) is 4.39. The summed E-state index contributed by atoms with van der Waals surface area (Å²) in [7, 11) is -4.92. The molecule has 11 heavy (non-hydrogen) atoms. The fraction of sp³-hybridized carbons (Fsp3) is 1.00. The Bertz CT molecular complexity index is 188. The van der Waals surface area contributed by atoms with Gasteiger partial charge in [0.1, 0.15) is 16.2 Å². The molecule has 62 valence electrons. The molecule has 8 heteroatoms. The van der Waals surface area contributed by atoms with Gasteiger partial charge in [-0.2, -0.15) is 0 Å². The van der Waals surface area contributed by atoms with Crippen LogP contribution >= 0.6 is 0 Å². The van der Waals surface area contributed by atoms with Gasteiger partial charge in [0, 0.05) is 0 Å². The van der Waals surface area contributed by atoms with Gasteiger partial charge in [-0.25, -0.2) is 8.42 Å². The molecular weight excluding hydrogens is 187 g/mol. The molecule has 6 nitrogen and oxygen atoms in total. The van der Waals surface area contributed by atoms with Gasteiger partial charge >= 0.3 is 29.6 Å². The minimum Gasteiger partial charge on any atom is -0.746 e. The average molecular weight is 194 g/mol. The Kier molecular flexibility index (Phi) is 7.08. The molecule has 0 aliphatic rings. The van der Waals surface area contributed by atoms with Crippen molar-refractivity contribution in [3.8, 4) is 0 Å². The second-order valence-electron chi connectivity index (χ2n) is 1.63. The molecule has 2 unspecified atom stereocenters.